The minimum Gasteiger partial charge on any atom is -0.355 e. The van der Waals surface area contributed by atoms with Gasteiger partial charge in [-0.1, -0.05) is 11.6 Å². The van der Waals surface area contributed by atoms with E-state index < -0.39 is 0 Å². The second-order valence-electron chi connectivity index (χ2n) is 7.00. The van der Waals surface area contributed by atoms with Crippen LogP contribution in [0.25, 0.3) is 0 Å². The summed E-state index contributed by atoms with van der Waals surface area (Å²) in [6.07, 6.45) is 9.12. The molecule has 0 atom stereocenters. The number of hydrogen-bond donors (Lipinski definition) is 3. The lowest BCUT2D eigenvalue weighted by Gasteiger charge is -2.15. The van der Waals surface area contributed by atoms with Crippen molar-refractivity contribution in [1.82, 2.24) is 16.0 Å². The Morgan fingerprint density at radius 2 is 1.87 bits per heavy atom. The van der Waals surface area contributed by atoms with Gasteiger partial charge in [0.2, 0.25) is 17.7 Å². The van der Waals surface area contributed by atoms with E-state index >= 15 is 0 Å². The standard InChI is InChI=1S/C17H25N3O3/c21-14(10-12-2-3-12)19-11-15(22)18-9-1-6-17(7-8-17)16(23)20-13-4-5-13/h2,13H,1,3-11H2,(H,18,22)(H,19,21)(H,20,23). The van der Waals surface area contributed by atoms with Gasteiger partial charge < -0.3 is 16.0 Å². The molecule has 2 fully saturated rings. The molecule has 126 valence electrons. The Morgan fingerprint density at radius 3 is 2.48 bits per heavy atom. The topological polar surface area (TPSA) is 87.3 Å². The average molecular weight is 319 g/mol. The van der Waals surface area contributed by atoms with E-state index in [1.807, 2.05) is 6.08 Å². The van der Waals surface area contributed by atoms with Gasteiger partial charge in [0.15, 0.2) is 0 Å². The molecule has 0 aromatic rings. The molecule has 0 saturated heterocycles. The zero-order valence-corrected chi connectivity index (χ0v) is 13.5. The Bertz CT molecular complexity index is 533. The van der Waals surface area contributed by atoms with E-state index in [0.717, 1.165) is 50.5 Å². The van der Waals surface area contributed by atoms with E-state index in [0.29, 0.717) is 19.0 Å². The zero-order valence-electron chi connectivity index (χ0n) is 13.5. The second-order valence-corrected chi connectivity index (χ2v) is 7.00. The highest BCUT2D eigenvalue weighted by atomic mass is 16.2. The first-order valence-electron chi connectivity index (χ1n) is 8.60. The summed E-state index contributed by atoms with van der Waals surface area (Å²) >= 11 is 0. The number of carbonyl (C=O) groups excluding carboxylic acids is 3. The molecule has 0 bridgehead atoms. The van der Waals surface area contributed by atoms with E-state index in [1.54, 1.807) is 0 Å². The second kappa shape index (κ2) is 6.72. The summed E-state index contributed by atoms with van der Waals surface area (Å²) in [7, 11) is 0. The third-order valence-electron chi connectivity index (χ3n) is 4.73. The molecule has 3 N–H and O–H groups in total. The Kier molecular flexibility index (Phi) is 4.68. The van der Waals surface area contributed by atoms with Crippen molar-refractivity contribution in [1.29, 1.82) is 0 Å². The Morgan fingerprint density at radius 1 is 1.13 bits per heavy atom. The SMILES string of the molecule is O=C(CNC(=O)CC1=CC1)NCCCC1(C(=O)NC2CC2)CC1. The molecule has 0 aromatic heterocycles. The van der Waals surface area contributed by atoms with Crippen molar-refractivity contribution >= 4 is 17.7 Å². The Labute approximate surface area is 136 Å². The lowest BCUT2D eigenvalue weighted by atomic mass is 9.99. The van der Waals surface area contributed by atoms with Gasteiger partial charge in [-0.25, -0.2) is 0 Å². The van der Waals surface area contributed by atoms with E-state index in [-0.39, 0.29) is 29.7 Å². The summed E-state index contributed by atoms with van der Waals surface area (Å²) < 4.78 is 0. The molecule has 0 radical (unpaired) electrons. The van der Waals surface area contributed by atoms with Gasteiger partial charge in [0, 0.05) is 24.4 Å². The summed E-state index contributed by atoms with van der Waals surface area (Å²) in [5, 5.41) is 8.49. The lowest BCUT2D eigenvalue weighted by molar-refractivity contribution is -0.127. The van der Waals surface area contributed by atoms with Gasteiger partial charge in [-0.3, -0.25) is 14.4 Å². The van der Waals surface area contributed by atoms with Crippen LogP contribution in [0.5, 0.6) is 0 Å². The summed E-state index contributed by atoms with van der Waals surface area (Å²) in [6, 6.07) is 0.412. The molecular weight excluding hydrogens is 294 g/mol. The van der Waals surface area contributed by atoms with Gasteiger partial charge in [-0.05, 0) is 44.9 Å². The third-order valence-corrected chi connectivity index (χ3v) is 4.73. The van der Waals surface area contributed by atoms with Crippen molar-refractivity contribution < 1.29 is 14.4 Å². The van der Waals surface area contributed by atoms with Crippen LogP contribution in [0, 0.1) is 5.41 Å². The molecule has 3 aliphatic carbocycles. The van der Waals surface area contributed by atoms with Gasteiger partial charge in [0.05, 0.1) is 6.54 Å². The first-order valence-corrected chi connectivity index (χ1v) is 8.60. The maximum absolute atomic E-state index is 12.1. The van der Waals surface area contributed by atoms with Crippen LogP contribution in [-0.4, -0.2) is 36.9 Å². The van der Waals surface area contributed by atoms with E-state index in [1.165, 1.54) is 0 Å². The molecule has 0 aromatic carbocycles. The van der Waals surface area contributed by atoms with Crippen molar-refractivity contribution in [2.24, 2.45) is 5.41 Å². The normalized spacial score (nSPS) is 20.3. The summed E-state index contributed by atoms with van der Waals surface area (Å²) in [5.74, 6) is -0.0686. The van der Waals surface area contributed by atoms with E-state index in [2.05, 4.69) is 16.0 Å². The maximum atomic E-state index is 12.1. The third kappa shape index (κ3) is 5.08. The highest BCUT2D eigenvalue weighted by Gasteiger charge is 2.49. The first-order chi connectivity index (χ1) is 11.1. The van der Waals surface area contributed by atoms with Crippen LogP contribution in [0.1, 0.15) is 51.4 Å². The predicted octanol–water partition coefficient (Wildman–Crippen LogP) is 0.778. The molecule has 0 heterocycles. The fourth-order valence-electron chi connectivity index (χ4n) is 2.69. The number of hydrogen-bond acceptors (Lipinski definition) is 3. The molecular formula is C17H25N3O3. The largest absolute Gasteiger partial charge is 0.355 e. The minimum atomic E-state index is -0.171. The molecule has 0 unspecified atom stereocenters. The molecule has 2 saturated carbocycles. The Hall–Kier alpha value is -1.85. The molecule has 6 nitrogen and oxygen atoms in total. The molecule has 23 heavy (non-hydrogen) atoms. The van der Waals surface area contributed by atoms with Crippen molar-refractivity contribution in [2.75, 3.05) is 13.1 Å². The number of nitrogens with one attached hydrogen (secondary N) is 3. The highest BCUT2D eigenvalue weighted by molar-refractivity contribution is 5.86. The van der Waals surface area contributed by atoms with Gasteiger partial charge in [0.25, 0.3) is 0 Å². The van der Waals surface area contributed by atoms with Crippen LogP contribution in [-0.2, 0) is 14.4 Å². The van der Waals surface area contributed by atoms with Gasteiger partial charge in [-0.2, -0.15) is 0 Å². The Balaban J connectivity index is 1.24. The highest BCUT2D eigenvalue weighted by Crippen LogP contribution is 2.50. The summed E-state index contributed by atoms with van der Waals surface area (Å²) in [5.41, 5.74) is 0.974. The van der Waals surface area contributed by atoms with Crippen molar-refractivity contribution in [3.63, 3.8) is 0 Å². The zero-order chi connectivity index (χ0) is 16.3. The number of allylic oxidation sites excluding steroid dienone is 1. The molecule has 3 amide bonds. The quantitative estimate of drug-likeness (QED) is 0.411. The van der Waals surface area contributed by atoms with Gasteiger partial charge >= 0.3 is 0 Å². The molecule has 0 spiro atoms. The molecule has 3 aliphatic rings. The number of amides is 3. The van der Waals surface area contributed by atoms with Crippen molar-refractivity contribution in [3.8, 4) is 0 Å². The number of carbonyl (C=O) groups is 3. The fourth-order valence-corrected chi connectivity index (χ4v) is 2.69. The van der Waals surface area contributed by atoms with Crippen LogP contribution in [0.15, 0.2) is 11.6 Å². The molecule has 3 rings (SSSR count). The van der Waals surface area contributed by atoms with Crippen LogP contribution >= 0.6 is 0 Å². The fraction of sp³-hybridized carbons (Fsp3) is 0.706. The van der Waals surface area contributed by atoms with Crippen LogP contribution in [0.3, 0.4) is 0 Å². The number of rotatable bonds is 10. The van der Waals surface area contributed by atoms with E-state index in [9.17, 15) is 14.4 Å². The van der Waals surface area contributed by atoms with Crippen molar-refractivity contribution in [2.45, 2.75) is 57.4 Å². The smallest absolute Gasteiger partial charge is 0.239 e. The minimum absolute atomic E-state index is 0.0272. The first kappa shape index (κ1) is 16.0. The van der Waals surface area contributed by atoms with Crippen LogP contribution in [0.2, 0.25) is 0 Å². The van der Waals surface area contributed by atoms with Gasteiger partial charge in [-0.15, -0.1) is 0 Å². The average Bonchev–Trinajstić information content (AvgIpc) is 3.32. The maximum Gasteiger partial charge on any atom is 0.239 e. The van der Waals surface area contributed by atoms with Crippen LogP contribution in [0.4, 0.5) is 0 Å². The lowest BCUT2D eigenvalue weighted by Crippen LogP contribution is -2.38. The molecule has 0 aliphatic heterocycles. The van der Waals surface area contributed by atoms with Crippen molar-refractivity contribution in [3.05, 3.63) is 11.6 Å². The monoisotopic (exact) mass is 319 g/mol. The summed E-state index contributed by atoms with van der Waals surface area (Å²) in [6.45, 7) is 0.581. The summed E-state index contributed by atoms with van der Waals surface area (Å²) in [4.78, 5) is 35.2. The molecule has 6 heteroatoms. The van der Waals surface area contributed by atoms with E-state index in [4.69, 9.17) is 0 Å². The predicted molar refractivity (Wildman–Crippen MR) is 85.4 cm³/mol. The van der Waals surface area contributed by atoms with Gasteiger partial charge in [0.1, 0.15) is 0 Å². The van der Waals surface area contributed by atoms with Crippen LogP contribution < -0.4 is 16.0 Å².